The van der Waals surface area contributed by atoms with Crippen LogP contribution in [0.3, 0.4) is 0 Å². The Bertz CT molecular complexity index is 811. The normalized spacial score (nSPS) is 17.2. The van der Waals surface area contributed by atoms with Gasteiger partial charge in [-0.15, -0.1) is 0 Å². The predicted molar refractivity (Wildman–Crippen MR) is 188 cm³/mol. The number of esters is 1. The zero-order chi connectivity index (χ0) is 33.6. The summed E-state index contributed by atoms with van der Waals surface area (Å²) in [5.74, 6) is -0.330. The molecule has 1 aliphatic heterocycles. The highest BCUT2D eigenvalue weighted by Gasteiger charge is 2.36. The largest absolute Gasteiger partial charge is 0.492 e. The summed E-state index contributed by atoms with van der Waals surface area (Å²) in [6.07, 6.45) is 37.2. The lowest BCUT2D eigenvalue weighted by Crippen LogP contribution is -2.25. The van der Waals surface area contributed by atoms with Gasteiger partial charge in [-0.3, -0.25) is 9.32 Å². The molecule has 0 amide bonds. The summed E-state index contributed by atoms with van der Waals surface area (Å²) in [7, 11) is -4.64. The molecule has 3 atom stereocenters. The number of ether oxygens (including phenoxy) is 3. The third-order valence-electron chi connectivity index (χ3n) is 8.52. The van der Waals surface area contributed by atoms with Crippen molar-refractivity contribution in [1.29, 1.82) is 0 Å². The van der Waals surface area contributed by atoms with E-state index in [0.29, 0.717) is 18.6 Å². The summed E-state index contributed by atoms with van der Waals surface area (Å²) >= 11 is 0. The molecule has 270 valence electrons. The SMILES string of the molecule is CCCCCCCCCCCCCC/C=C/O[C@H](COC(=O)CCCCCCC/C=C\CC1OC1CCCCC)COP(=O)(O)O. The fourth-order valence-corrected chi connectivity index (χ4v) is 5.91. The third-order valence-corrected chi connectivity index (χ3v) is 9.00. The maximum atomic E-state index is 12.2. The summed E-state index contributed by atoms with van der Waals surface area (Å²) in [4.78, 5) is 30.3. The molecule has 1 saturated heterocycles. The number of phosphoric acid groups is 1. The predicted octanol–water partition coefficient (Wildman–Crippen LogP) is 10.7. The highest BCUT2D eigenvalue weighted by atomic mass is 31.2. The van der Waals surface area contributed by atoms with Crippen LogP contribution in [0.15, 0.2) is 24.5 Å². The van der Waals surface area contributed by atoms with E-state index in [1.165, 1.54) is 103 Å². The van der Waals surface area contributed by atoms with Crippen LogP contribution < -0.4 is 0 Å². The first-order chi connectivity index (χ1) is 22.4. The molecule has 2 unspecified atom stereocenters. The van der Waals surface area contributed by atoms with E-state index in [4.69, 9.17) is 24.0 Å². The van der Waals surface area contributed by atoms with Crippen molar-refractivity contribution in [1.82, 2.24) is 0 Å². The lowest BCUT2D eigenvalue weighted by molar-refractivity contribution is -0.147. The molecule has 1 heterocycles. The Morgan fingerprint density at radius 1 is 0.696 bits per heavy atom. The van der Waals surface area contributed by atoms with Crippen molar-refractivity contribution in [3.63, 3.8) is 0 Å². The summed E-state index contributed by atoms with van der Waals surface area (Å²) in [6, 6.07) is 0. The van der Waals surface area contributed by atoms with Crippen LogP contribution in [0.2, 0.25) is 0 Å². The highest BCUT2D eigenvalue weighted by Crippen LogP contribution is 2.36. The van der Waals surface area contributed by atoms with Crippen molar-refractivity contribution in [2.24, 2.45) is 0 Å². The van der Waals surface area contributed by atoms with Gasteiger partial charge in [0.05, 0.1) is 25.1 Å². The maximum absolute atomic E-state index is 12.2. The number of hydrogen-bond donors (Lipinski definition) is 2. The topological polar surface area (TPSA) is 115 Å². The molecule has 0 aromatic rings. The molecule has 0 aromatic heterocycles. The molecule has 0 aliphatic carbocycles. The molecule has 0 aromatic carbocycles. The number of rotatable bonds is 34. The van der Waals surface area contributed by atoms with E-state index in [1.54, 1.807) is 0 Å². The van der Waals surface area contributed by atoms with Gasteiger partial charge >= 0.3 is 13.8 Å². The van der Waals surface area contributed by atoms with E-state index < -0.39 is 13.9 Å². The first-order valence-electron chi connectivity index (χ1n) is 18.8. The first kappa shape index (κ1) is 42.8. The van der Waals surface area contributed by atoms with Crippen molar-refractivity contribution >= 4 is 13.8 Å². The molecule has 0 bridgehead atoms. The summed E-state index contributed by atoms with van der Waals surface area (Å²) in [5.41, 5.74) is 0. The first-order valence-corrected chi connectivity index (χ1v) is 20.3. The molecule has 0 spiro atoms. The fourth-order valence-electron chi connectivity index (χ4n) is 5.55. The van der Waals surface area contributed by atoms with Gasteiger partial charge < -0.3 is 24.0 Å². The minimum absolute atomic E-state index is 0.112. The van der Waals surface area contributed by atoms with Crippen LogP contribution in [-0.4, -0.2) is 47.3 Å². The standard InChI is InChI=1S/C37H69O8P/c1-3-5-7-8-9-10-11-12-13-14-17-20-23-27-31-42-34(33-44-46(39,40)41)32-43-37(38)30-26-22-19-16-15-18-21-25-29-36-35(45-36)28-24-6-4-2/h21,25,27,31,34-36H,3-20,22-24,26,28-30,32-33H2,1-2H3,(H2,39,40,41)/b25-21-,31-27+/t34-,35?,36?/m1/s1. The van der Waals surface area contributed by atoms with Crippen molar-refractivity contribution < 1.29 is 37.9 Å². The van der Waals surface area contributed by atoms with Crippen molar-refractivity contribution in [2.75, 3.05) is 13.2 Å². The second-order valence-electron chi connectivity index (χ2n) is 13.0. The lowest BCUT2D eigenvalue weighted by Gasteiger charge is -2.17. The van der Waals surface area contributed by atoms with Gasteiger partial charge in [-0.2, -0.15) is 0 Å². The van der Waals surface area contributed by atoms with E-state index in [9.17, 15) is 9.36 Å². The Balaban J connectivity index is 2.05. The van der Waals surface area contributed by atoms with Gasteiger partial charge in [0.2, 0.25) is 0 Å². The molecule has 2 N–H and O–H groups in total. The summed E-state index contributed by atoms with van der Waals surface area (Å²) < 4.78 is 32.4. The van der Waals surface area contributed by atoms with Gasteiger partial charge in [0.15, 0.2) is 6.10 Å². The Morgan fingerprint density at radius 3 is 1.85 bits per heavy atom. The molecule has 9 heteroatoms. The van der Waals surface area contributed by atoms with Crippen molar-refractivity contribution in [2.45, 2.75) is 193 Å². The van der Waals surface area contributed by atoms with Crippen LogP contribution in [0.5, 0.6) is 0 Å². The monoisotopic (exact) mass is 672 g/mol. The minimum Gasteiger partial charge on any atom is -0.492 e. The number of hydrogen-bond acceptors (Lipinski definition) is 6. The quantitative estimate of drug-likeness (QED) is 0.0173. The Hall–Kier alpha value is -1.18. The Kier molecular flexibility index (Phi) is 27.9. The average Bonchev–Trinajstić information content (AvgIpc) is 3.78. The molecule has 1 fully saturated rings. The molecule has 0 saturated carbocycles. The molecule has 8 nitrogen and oxygen atoms in total. The average molecular weight is 673 g/mol. The molecule has 46 heavy (non-hydrogen) atoms. The van der Waals surface area contributed by atoms with E-state index in [0.717, 1.165) is 57.8 Å². The van der Waals surface area contributed by atoms with Crippen LogP contribution in [0, 0.1) is 0 Å². The zero-order valence-corrected chi connectivity index (χ0v) is 30.3. The third kappa shape index (κ3) is 29.0. The Labute approximate surface area is 281 Å². The molecular weight excluding hydrogens is 603 g/mol. The zero-order valence-electron chi connectivity index (χ0n) is 29.4. The number of phosphoric ester groups is 1. The number of unbranched alkanes of at least 4 members (excludes halogenated alkanes) is 19. The van der Waals surface area contributed by atoms with Crippen LogP contribution in [0.1, 0.15) is 174 Å². The Morgan fingerprint density at radius 2 is 1.24 bits per heavy atom. The van der Waals surface area contributed by atoms with Crippen molar-refractivity contribution in [3.8, 4) is 0 Å². The van der Waals surface area contributed by atoms with E-state index in [2.05, 4.69) is 30.5 Å². The van der Waals surface area contributed by atoms with Gasteiger partial charge in [0, 0.05) is 6.42 Å². The summed E-state index contributed by atoms with van der Waals surface area (Å²) in [5, 5.41) is 0. The molecule has 0 radical (unpaired) electrons. The van der Waals surface area contributed by atoms with Crippen LogP contribution in [0.4, 0.5) is 0 Å². The van der Waals surface area contributed by atoms with E-state index in [-0.39, 0.29) is 19.2 Å². The number of carbonyl (C=O) groups is 1. The minimum atomic E-state index is -4.64. The van der Waals surface area contributed by atoms with E-state index >= 15 is 0 Å². The van der Waals surface area contributed by atoms with E-state index in [1.807, 2.05) is 6.08 Å². The van der Waals surface area contributed by atoms with Gasteiger partial charge in [0.1, 0.15) is 6.61 Å². The van der Waals surface area contributed by atoms with Gasteiger partial charge in [-0.25, -0.2) is 4.57 Å². The highest BCUT2D eigenvalue weighted by molar-refractivity contribution is 7.46. The number of allylic oxidation sites excluding steroid dienone is 2. The van der Waals surface area contributed by atoms with Gasteiger partial charge in [-0.1, -0.05) is 135 Å². The lowest BCUT2D eigenvalue weighted by atomic mass is 10.0. The smallest absolute Gasteiger partial charge is 0.469 e. The van der Waals surface area contributed by atoms with Crippen LogP contribution in [-0.2, 0) is 28.1 Å². The van der Waals surface area contributed by atoms with Crippen LogP contribution >= 0.6 is 7.82 Å². The summed E-state index contributed by atoms with van der Waals surface area (Å²) in [6.45, 7) is 4.01. The van der Waals surface area contributed by atoms with Crippen molar-refractivity contribution in [3.05, 3.63) is 24.5 Å². The second-order valence-corrected chi connectivity index (χ2v) is 14.2. The number of carbonyl (C=O) groups excluding carboxylic acids is 1. The molecule has 1 rings (SSSR count). The fraction of sp³-hybridized carbons (Fsp3) is 0.865. The van der Waals surface area contributed by atoms with Gasteiger partial charge in [-0.05, 0) is 51.0 Å². The number of epoxide rings is 1. The van der Waals surface area contributed by atoms with Crippen LogP contribution in [0.25, 0.3) is 0 Å². The van der Waals surface area contributed by atoms with Gasteiger partial charge in [0.25, 0.3) is 0 Å². The molecular formula is C37H69O8P. The second kappa shape index (κ2) is 29.9. The maximum Gasteiger partial charge on any atom is 0.469 e. The molecule has 1 aliphatic rings.